The van der Waals surface area contributed by atoms with Gasteiger partial charge >= 0.3 is 0 Å². The second kappa shape index (κ2) is 14.6. The van der Waals surface area contributed by atoms with Gasteiger partial charge in [-0.05, 0) is 6.42 Å². The van der Waals surface area contributed by atoms with Crippen LogP contribution in [0.3, 0.4) is 0 Å². The molecule has 10 atom stereocenters. The molecule has 200 valence electrons. The van der Waals surface area contributed by atoms with E-state index in [0.29, 0.717) is 6.61 Å². The predicted octanol–water partition coefficient (Wildman–Crippen LogP) is -1.87. The molecule has 0 aromatic carbocycles. The van der Waals surface area contributed by atoms with Crippen molar-refractivity contribution in [1.29, 1.82) is 0 Å². The van der Waals surface area contributed by atoms with Gasteiger partial charge in [-0.25, -0.2) is 0 Å². The Balaban J connectivity index is 2.05. The summed E-state index contributed by atoms with van der Waals surface area (Å²) in [5.74, 6) is -0.449. The second-order valence-electron chi connectivity index (χ2n) is 8.88. The van der Waals surface area contributed by atoms with Crippen LogP contribution in [0, 0.1) is 0 Å². The molecule has 2 heterocycles. The fourth-order valence-corrected chi connectivity index (χ4v) is 4.18. The van der Waals surface area contributed by atoms with Gasteiger partial charge in [-0.1, -0.05) is 39.0 Å². The topological polar surface area (TPSA) is 187 Å². The van der Waals surface area contributed by atoms with E-state index in [1.807, 2.05) is 0 Å². The van der Waals surface area contributed by atoms with Crippen LogP contribution in [-0.4, -0.2) is 118 Å². The summed E-state index contributed by atoms with van der Waals surface area (Å²) in [6.45, 7) is 2.51. The third kappa shape index (κ3) is 7.79. The maximum absolute atomic E-state index is 11.8. The van der Waals surface area contributed by atoms with E-state index >= 15 is 0 Å². The van der Waals surface area contributed by atoms with Crippen LogP contribution in [0.2, 0.25) is 0 Å². The van der Waals surface area contributed by atoms with Crippen molar-refractivity contribution in [2.45, 2.75) is 114 Å². The Morgan fingerprint density at radius 1 is 0.824 bits per heavy atom. The van der Waals surface area contributed by atoms with Crippen LogP contribution in [0.5, 0.6) is 0 Å². The smallest absolute Gasteiger partial charge is 0.217 e. The van der Waals surface area contributed by atoms with Gasteiger partial charge < -0.3 is 54.9 Å². The Morgan fingerprint density at radius 3 is 2.06 bits per heavy atom. The number of amides is 1. The van der Waals surface area contributed by atoms with Gasteiger partial charge in [-0.2, -0.15) is 0 Å². The molecule has 0 aromatic heterocycles. The SMILES string of the molecule is CCCCCCCCO[C@@H]1OC(CO)[C@@H](O[C@@H]2OC(CO)[C@H](O)C(O)C2O)C(O)C1NC(C)=O. The van der Waals surface area contributed by atoms with Gasteiger partial charge in [0, 0.05) is 13.5 Å². The molecule has 0 radical (unpaired) electrons. The Labute approximate surface area is 199 Å². The number of carbonyl (C=O) groups excluding carboxylic acids is 1. The van der Waals surface area contributed by atoms with Crippen LogP contribution in [-0.2, 0) is 23.7 Å². The molecule has 2 aliphatic rings. The van der Waals surface area contributed by atoms with Gasteiger partial charge in [-0.15, -0.1) is 0 Å². The molecule has 0 spiro atoms. The first kappa shape index (κ1) is 29.3. The molecule has 6 unspecified atom stereocenters. The van der Waals surface area contributed by atoms with Crippen LogP contribution in [0.15, 0.2) is 0 Å². The van der Waals surface area contributed by atoms with Crippen LogP contribution < -0.4 is 5.32 Å². The third-order valence-corrected chi connectivity index (χ3v) is 6.14. The van der Waals surface area contributed by atoms with E-state index in [-0.39, 0.29) is 0 Å². The van der Waals surface area contributed by atoms with Crippen molar-refractivity contribution in [3.05, 3.63) is 0 Å². The summed E-state index contributed by atoms with van der Waals surface area (Å²) >= 11 is 0. The highest BCUT2D eigenvalue weighted by Crippen LogP contribution is 2.29. The normalized spacial score (nSPS) is 38.6. The summed E-state index contributed by atoms with van der Waals surface area (Å²) in [6.07, 6.45) is -6.33. The van der Waals surface area contributed by atoms with Crippen molar-refractivity contribution in [1.82, 2.24) is 5.32 Å². The zero-order valence-corrected chi connectivity index (χ0v) is 19.9. The molecule has 2 aliphatic heterocycles. The number of unbranched alkanes of at least 4 members (excludes halogenated alkanes) is 5. The van der Waals surface area contributed by atoms with Gasteiger partial charge in [0.1, 0.15) is 48.8 Å². The van der Waals surface area contributed by atoms with Crippen molar-refractivity contribution in [2.24, 2.45) is 0 Å². The lowest BCUT2D eigenvalue weighted by Gasteiger charge is -2.47. The van der Waals surface area contributed by atoms with Gasteiger partial charge in [0.2, 0.25) is 5.91 Å². The number of aliphatic hydroxyl groups excluding tert-OH is 6. The molecule has 0 saturated carbocycles. The first-order valence-electron chi connectivity index (χ1n) is 12.0. The fraction of sp³-hybridized carbons (Fsp3) is 0.955. The third-order valence-electron chi connectivity index (χ3n) is 6.14. The zero-order chi connectivity index (χ0) is 25.3. The van der Waals surface area contributed by atoms with Crippen molar-refractivity contribution in [3.63, 3.8) is 0 Å². The molecule has 0 bridgehead atoms. The maximum atomic E-state index is 11.8. The van der Waals surface area contributed by atoms with Crippen molar-refractivity contribution >= 4 is 5.91 Å². The molecule has 34 heavy (non-hydrogen) atoms. The van der Waals surface area contributed by atoms with Crippen LogP contribution >= 0.6 is 0 Å². The van der Waals surface area contributed by atoms with Crippen molar-refractivity contribution < 1.29 is 54.4 Å². The van der Waals surface area contributed by atoms with Gasteiger partial charge in [0.25, 0.3) is 0 Å². The Bertz CT molecular complexity index is 595. The Hall–Kier alpha value is -0.930. The lowest BCUT2D eigenvalue weighted by molar-refractivity contribution is -0.348. The lowest BCUT2D eigenvalue weighted by Crippen LogP contribution is -2.67. The number of hydrogen-bond donors (Lipinski definition) is 7. The largest absolute Gasteiger partial charge is 0.394 e. The molecular weight excluding hydrogens is 454 g/mol. The molecule has 12 heteroatoms. The van der Waals surface area contributed by atoms with E-state index in [0.717, 1.165) is 32.1 Å². The minimum absolute atomic E-state index is 0.329. The van der Waals surface area contributed by atoms with Gasteiger partial charge in [0.05, 0.1) is 13.2 Å². The van der Waals surface area contributed by atoms with E-state index in [1.54, 1.807) is 0 Å². The molecule has 1 amide bonds. The lowest BCUT2D eigenvalue weighted by atomic mass is 9.95. The quantitative estimate of drug-likeness (QED) is 0.142. The van der Waals surface area contributed by atoms with Gasteiger partial charge in [0.15, 0.2) is 12.6 Å². The molecule has 0 aliphatic carbocycles. The van der Waals surface area contributed by atoms with E-state index in [4.69, 9.17) is 18.9 Å². The summed E-state index contributed by atoms with van der Waals surface area (Å²) in [5.41, 5.74) is 0. The standard InChI is InChI=1S/C22H41NO11/c1-3-4-5-6-7-8-9-31-21-15(23-12(2)26)17(28)20(14(11-25)33-21)34-22-19(30)18(29)16(27)13(10-24)32-22/h13-22,24-25,27-30H,3-11H2,1-2H3,(H,23,26)/t13?,14?,15?,16-,17?,18?,19?,20+,21+,22-/m0/s1. The first-order chi connectivity index (χ1) is 16.2. The van der Waals surface area contributed by atoms with E-state index < -0.39 is 80.5 Å². The molecule has 2 fully saturated rings. The maximum Gasteiger partial charge on any atom is 0.217 e. The molecular formula is C22H41NO11. The molecule has 12 nitrogen and oxygen atoms in total. The fourth-order valence-electron chi connectivity index (χ4n) is 4.18. The van der Waals surface area contributed by atoms with Crippen LogP contribution in [0.1, 0.15) is 52.4 Å². The minimum Gasteiger partial charge on any atom is -0.394 e. The highest BCUT2D eigenvalue weighted by atomic mass is 16.7. The van der Waals surface area contributed by atoms with E-state index in [9.17, 15) is 35.4 Å². The first-order valence-corrected chi connectivity index (χ1v) is 12.0. The van der Waals surface area contributed by atoms with Crippen molar-refractivity contribution in [2.75, 3.05) is 19.8 Å². The van der Waals surface area contributed by atoms with Crippen LogP contribution in [0.4, 0.5) is 0 Å². The monoisotopic (exact) mass is 495 g/mol. The number of nitrogens with one attached hydrogen (secondary N) is 1. The summed E-state index contributed by atoms with van der Waals surface area (Å²) < 4.78 is 22.6. The van der Waals surface area contributed by atoms with Crippen LogP contribution in [0.25, 0.3) is 0 Å². The molecule has 7 N–H and O–H groups in total. The summed E-state index contributed by atoms with van der Waals surface area (Å²) in [4.78, 5) is 11.8. The number of rotatable bonds is 13. The molecule has 2 saturated heterocycles. The van der Waals surface area contributed by atoms with Gasteiger partial charge in [-0.3, -0.25) is 4.79 Å². The number of aliphatic hydroxyl groups is 6. The number of ether oxygens (including phenoxy) is 4. The summed E-state index contributed by atoms with van der Waals surface area (Å²) in [7, 11) is 0. The summed E-state index contributed by atoms with van der Waals surface area (Å²) in [6, 6.07) is -1.05. The average Bonchev–Trinajstić information content (AvgIpc) is 2.81. The van der Waals surface area contributed by atoms with E-state index in [2.05, 4.69) is 12.2 Å². The second-order valence-corrected chi connectivity index (χ2v) is 8.88. The summed E-state index contributed by atoms with van der Waals surface area (Å²) in [5, 5.41) is 63.0. The van der Waals surface area contributed by atoms with E-state index in [1.165, 1.54) is 13.3 Å². The highest BCUT2D eigenvalue weighted by Gasteiger charge is 2.51. The van der Waals surface area contributed by atoms with Crippen molar-refractivity contribution in [3.8, 4) is 0 Å². The molecule has 0 aromatic rings. The molecule has 2 rings (SSSR count). The Kier molecular flexibility index (Phi) is 12.6. The Morgan fingerprint density at radius 2 is 1.44 bits per heavy atom. The predicted molar refractivity (Wildman–Crippen MR) is 117 cm³/mol. The minimum atomic E-state index is -1.70. The highest BCUT2D eigenvalue weighted by molar-refractivity contribution is 5.73. The average molecular weight is 496 g/mol. The number of hydrogen-bond acceptors (Lipinski definition) is 11. The number of carbonyl (C=O) groups is 1. The zero-order valence-electron chi connectivity index (χ0n) is 19.9.